The van der Waals surface area contributed by atoms with Gasteiger partial charge in [0.2, 0.25) is 0 Å². The van der Waals surface area contributed by atoms with Gasteiger partial charge in [-0.25, -0.2) is 0 Å². The molecule has 6 heteroatoms. The minimum atomic E-state index is -1.58. The molecule has 3 rings (SSSR count). The van der Waals surface area contributed by atoms with Crippen molar-refractivity contribution in [2.24, 2.45) is 5.73 Å². The van der Waals surface area contributed by atoms with Crippen LogP contribution in [0.3, 0.4) is 0 Å². The van der Waals surface area contributed by atoms with Crippen molar-refractivity contribution in [2.45, 2.75) is 30.0 Å². The topological polar surface area (TPSA) is 116 Å². The molecule has 0 amide bonds. The van der Waals surface area contributed by atoms with Crippen LogP contribution in [0.1, 0.15) is 16.7 Å². The summed E-state index contributed by atoms with van der Waals surface area (Å²) in [5.74, 6) is 0. The lowest BCUT2D eigenvalue weighted by Crippen LogP contribution is -2.51. The third-order valence-corrected chi connectivity index (χ3v) is 5.41. The molecule has 0 spiro atoms. The van der Waals surface area contributed by atoms with E-state index >= 15 is 0 Å². The Kier molecular flexibility index (Phi) is 7.92. The van der Waals surface area contributed by atoms with Crippen molar-refractivity contribution in [1.29, 1.82) is 0 Å². The summed E-state index contributed by atoms with van der Waals surface area (Å²) in [5.41, 5.74) is 7.08. The quantitative estimate of drug-likeness (QED) is 0.315. The highest BCUT2D eigenvalue weighted by atomic mass is 16.5. The third-order valence-electron chi connectivity index (χ3n) is 5.41. The van der Waals surface area contributed by atoms with E-state index in [2.05, 4.69) is 0 Å². The Morgan fingerprint density at radius 1 is 0.677 bits per heavy atom. The number of aliphatic hydroxyl groups excluding tert-OH is 4. The number of benzene rings is 3. The molecule has 164 valence electrons. The van der Waals surface area contributed by atoms with Gasteiger partial charge in [-0.1, -0.05) is 91.0 Å². The first-order valence-electron chi connectivity index (χ1n) is 10.2. The summed E-state index contributed by atoms with van der Waals surface area (Å²) < 4.78 is 6.41. The second kappa shape index (κ2) is 10.6. The van der Waals surface area contributed by atoms with E-state index in [1.165, 1.54) is 0 Å². The molecule has 0 aliphatic heterocycles. The van der Waals surface area contributed by atoms with E-state index < -0.39 is 36.6 Å². The largest absolute Gasteiger partial charge is 0.395 e. The molecule has 3 aromatic rings. The Morgan fingerprint density at radius 3 is 1.42 bits per heavy atom. The van der Waals surface area contributed by atoms with Gasteiger partial charge in [-0.3, -0.25) is 0 Å². The fourth-order valence-electron chi connectivity index (χ4n) is 3.67. The number of aliphatic hydroxyl groups is 4. The van der Waals surface area contributed by atoms with Crippen LogP contribution in [0.4, 0.5) is 0 Å². The molecule has 3 unspecified atom stereocenters. The predicted molar refractivity (Wildman–Crippen MR) is 118 cm³/mol. The number of nitrogens with two attached hydrogens (primary N) is 1. The van der Waals surface area contributed by atoms with Crippen LogP contribution in [0.25, 0.3) is 0 Å². The lowest BCUT2D eigenvalue weighted by Gasteiger charge is -2.37. The van der Waals surface area contributed by atoms with Crippen LogP contribution in [-0.2, 0) is 10.3 Å². The smallest absolute Gasteiger partial charge is 0.143 e. The van der Waals surface area contributed by atoms with Crippen LogP contribution in [0.15, 0.2) is 91.0 Å². The molecule has 31 heavy (non-hydrogen) atoms. The molecule has 0 aliphatic carbocycles. The van der Waals surface area contributed by atoms with Gasteiger partial charge < -0.3 is 30.9 Å². The lowest BCUT2D eigenvalue weighted by molar-refractivity contribution is -0.116. The Balaban J connectivity index is 2.02. The van der Waals surface area contributed by atoms with E-state index in [9.17, 15) is 15.3 Å². The van der Waals surface area contributed by atoms with Gasteiger partial charge in [-0.2, -0.15) is 0 Å². The maximum Gasteiger partial charge on any atom is 0.143 e. The van der Waals surface area contributed by atoms with E-state index in [0.717, 1.165) is 16.7 Å². The van der Waals surface area contributed by atoms with E-state index in [1.807, 2.05) is 91.0 Å². The molecule has 0 saturated heterocycles. The van der Waals surface area contributed by atoms with Crippen LogP contribution in [-0.4, -0.2) is 58.0 Å². The molecular weight excluding hydrogens is 394 g/mol. The van der Waals surface area contributed by atoms with Crippen molar-refractivity contribution in [2.75, 3.05) is 13.2 Å². The Morgan fingerprint density at radius 2 is 1.06 bits per heavy atom. The Bertz CT molecular complexity index is 810. The van der Waals surface area contributed by atoms with Gasteiger partial charge in [0.05, 0.1) is 25.4 Å². The monoisotopic (exact) mass is 423 g/mol. The molecule has 0 saturated carbocycles. The fraction of sp³-hybridized carbons (Fsp3) is 0.280. The second-order valence-electron chi connectivity index (χ2n) is 7.49. The van der Waals surface area contributed by atoms with E-state index in [0.29, 0.717) is 0 Å². The molecule has 0 bridgehead atoms. The molecule has 0 aliphatic rings. The van der Waals surface area contributed by atoms with Crippen LogP contribution in [0.2, 0.25) is 0 Å². The maximum absolute atomic E-state index is 10.6. The SMILES string of the molecule is N[C@H](CO)C(O)C(O)C(O)COC(c1ccccc1)(c1ccccc1)c1ccccc1. The van der Waals surface area contributed by atoms with Crippen molar-refractivity contribution in [3.05, 3.63) is 108 Å². The van der Waals surface area contributed by atoms with Gasteiger partial charge in [0, 0.05) is 0 Å². The summed E-state index contributed by atoms with van der Waals surface area (Å²) in [7, 11) is 0. The van der Waals surface area contributed by atoms with Crippen molar-refractivity contribution in [3.63, 3.8) is 0 Å². The summed E-state index contributed by atoms with van der Waals surface area (Å²) >= 11 is 0. The number of hydrogen-bond donors (Lipinski definition) is 5. The molecule has 0 fully saturated rings. The number of rotatable bonds is 10. The van der Waals surface area contributed by atoms with Gasteiger partial charge in [0.25, 0.3) is 0 Å². The molecule has 0 heterocycles. The van der Waals surface area contributed by atoms with Crippen LogP contribution in [0.5, 0.6) is 0 Å². The molecule has 0 aromatic heterocycles. The first-order valence-corrected chi connectivity index (χ1v) is 10.2. The lowest BCUT2D eigenvalue weighted by atomic mass is 9.80. The standard InChI is InChI=1S/C25H29NO5/c26-21(16-27)23(29)24(30)22(28)17-31-25(18-10-4-1-5-11-18,19-12-6-2-7-13-19)20-14-8-3-9-15-20/h1-15,21-24,27-30H,16-17,26H2/t21-,22?,23?,24?/m1/s1. The summed E-state index contributed by atoms with van der Waals surface area (Å²) in [5, 5.41) is 40.1. The van der Waals surface area contributed by atoms with Gasteiger partial charge in [0.1, 0.15) is 17.8 Å². The number of ether oxygens (including phenoxy) is 1. The minimum absolute atomic E-state index is 0.283. The second-order valence-corrected chi connectivity index (χ2v) is 7.49. The van der Waals surface area contributed by atoms with E-state index in [4.69, 9.17) is 15.6 Å². The maximum atomic E-state index is 10.6. The van der Waals surface area contributed by atoms with Gasteiger partial charge >= 0.3 is 0 Å². The minimum Gasteiger partial charge on any atom is -0.395 e. The number of hydrogen-bond acceptors (Lipinski definition) is 6. The predicted octanol–water partition coefficient (Wildman–Crippen LogP) is 1.40. The summed E-state index contributed by atoms with van der Waals surface area (Å²) in [4.78, 5) is 0. The summed E-state index contributed by atoms with van der Waals surface area (Å²) in [6, 6.07) is 27.8. The zero-order valence-corrected chi connectivity index (χ0v) is 17.2. The van der Waals surface area contributed by atoms with Crippen molar-refractivity contribution in [1.82, 2.24) is 0 Å². The highest BCUT2D eigenvalue weighted by Gasteiger charge is 2.39. The Labute approximate surface area is 182 Å². The molecular formula is C25H29NO5. The van der Waals surface area contributed by atoms with Crippen LogP contribution < -0.4 is 5.73 Å². The van der Waals surface area contributed by atoms with Crippen molar-refractivity contribution in [3.8, 4) is 0 Å². The molecule has 6 N–H and O–H groups in total. The van der Waals surface area contributed by atoms with E-state index in [1.54, 1.807) is 0 Å². The Hall–Kier alpha value is -2.58. The first kappa shape index (κ1) is 23.1. The highest BCUT2D eigenvalue weighted by molar-refractivity contribution is 5.47. The molecule has 6 nitrogen and oxygen atoms in total. The first-order chi connectivity index (χ1) is 15.0. The van der Waals surface area contributed by atoms with Crippen LogP contribution in [0, 0.1) is 0 Å². The zero-order valence-electron chi connectivity index (χ0n) is 17.2. The van der Waals surface area contributed by atoms with Crippen molar-refractivity contribution < 1.29 is 25.2 Å². The zero-order chi connectivity index (χ0) is 22.3. The van der Waals surface area contributed by atoms with E-state index in [-0.39, 0.29) is 6.61 Å². The summed E-state index contributed by atoms with van der Waals surface area (Å²) in [6.07, 6.45) is -4.51. The fourth-order valence-corrected chi connectivity index (χ4v) is 3.67. The highest BCUT2D eigenvalue weighted by Crippen LogP contribution is 2.40. The van der Waals surface area contributed by atoms with Gasteiger partial charge in [0.15, 0.2) is 0 Å². The molecule has 3 aromatic carbocycles. The van der Waals surface area contributed by atoms with Crippen molar-refractivity contribution >= 4 is 0 Å². The van der Waals surface area contributed by atoms with Crippen LogP contribution >= 0.6 is 0 Å². The van der Waals surface area contributed by atoms with Gasteiger partial charge in [-0.15, -0.1) is 0 Å². The molecule has 0 radical (unpaired) electrons. The van der Waals surface area contributed by atoms with Gasteiger partial charge in [-0.05, 0) is 16.7 Å². The average Bonchev–Trinajstić information content (AvgIpc) is 2.84. The normalized spacial score (nSPS) is 15.8. The average molecular weight is 424 g/mol. The summed E-state index contributed by atoms with van der Waals surface area (Å²) in [6.45, 7) is -0.803. The third kappa shape index (κ3) is 5.02. The molecule has 4 atom stereocenters.